The Morgan fingerprint density at radius 2 is 1.98 bits per heavy atom. The minimum absolute atomic E-state index is 0.0417. The number of aromatic amines is 1. The van der Waals surface area contributed by atoms with Gasteiger partial charge in [0.1, 0.15) is 28.7 Å². The number of fused-ring (bicyclic) bond motifs is 5. The summed E-state index contributed by atoms with van der Waals surface area (Å²) in [7, 11) is 1.66. The monoisotopic (exact) mass is 589 g/mol. The zero-order chi connectivity index (χ0) is 30.5. The lowest BCUT2D eigenvalue weighted by Gasteiger charge is -2.53. The van der Waals surface area contributed by atoms with E-state index in [-0.39, 0.29) is 30.0 Å². The summed E-state index contributed by atoms with van der Waals surface area (Å²) in [5.41, 5.74) is 1.90. The molecule has 0 spiro atoms. The molecule has 0 unspecified atom stereocenters. The number of alkyl carbamates (subject to hydrolysis) is 1. The molecule has 2 amide bonds. The number of rotatable bonds is 5. The zero-order valence-corrected chi connectivity index (χ0v) is 25.9. The molecule has 0 aliphatic carbocycles. The number of methoxy groups -OCH3 is 1. The number of H-pyrrole nitrogens is 1. The number of carbonyl (C=O) groups is 2. The minimum atomic E-state index is -0.765. The van der Waals surface area contributed by atoms with Gasteiger partial charge in [0.25, 0.3) is 0 Å². The Morgan fingerprint density at radius 3 is 2.74 bits per heavy atom. The Bertz CT molecular complexity index is 1510. The largest absolute Gasteiger partial charge is 0.497 e. The summed E-state index contributed by atoms with van der Waals surface area (Å²) < 4.78 is 24.3. The first-order valence-electron chi connectivity index (χ1n) is 15.3. The molecular formula is C34H43N3O6. The number of para-hydroxylation sites is 1. The molecule has 9 nitrogen and oxygen atoms in total. The first-order chi connectivity index (χ1) is 20.4. The van der Waals surface area contributed by atoms with Gasteiger partial charge in [-0.3, -0.25) is 4.79 Å². The number of carbonyl (C=O) groups excluding carboxylic acids is 2. The lowest BCUT2D eigenvalue weighted by Crippen LogP contribution is -2.58. The lowest BCUT2D eigenvalue weighted by atomic mass is 9.70. The van der Waals surface area contributed by atoms with Gasteiger partial charge in [-0.25, -0.2) is 4.79 Å². The van der Waals surface area contributed by atoms with Gasteiger partial charge in [-0.15, -0.1) is 0 Å². The van der Waals surface area contributed by atoms with Crippen molar-refractivity contribution >= 4 is 22.9 Å². The molecule has 0 saturated carbocycles. The van der Waals surface area contributed by atoms with Gasteiger partial charge >= 0.3 is 6.09 Å². The van der Waals surface area contributed by atoms with Crippen molar-refractivity contribution in [3.8, 4) is 11.5 Å². The van der Waals surface area contributed by atoms with Crippen LogP contribution >= 0.6 is 0 Å². The fraction of sp³-hybridized carbons (Fsp3) is 0.529. The smallest absolute Gasteiger partial charge is 0.408 e. The molecule has 3 aliphatic rings. The average Bonchev–Trinajstić information content (AvgIpc) is 3.36. The molecule has 2 aromatic carbocycles. The van der Waals surface area contributed by atoms with Crippen molar-refractivity contribution in [3.63, 3.8) is 0 Å². The number of benzene rings is 2. The molecule has 43 heavy (non-hydrogen) atoms. The Hall–Kier alpha value is -3.72. The maximum atomic E-state index is 14.1. The van der Waals surface area contributed by atoms with Crippen molar-refractivity contribution < 1.29 is 28.5 Å². The third kappa shape index (κ3) is 5.92. The summed E-state index contributed by atoms with van der Waals surface area (Å²) in [6.45, 7) is 10.8. The summed E-state index contributed by atoms with van der Waals surface area (Å²) in [6.07, 6.45) is 3.26. The van der Waals surface area contributed by atoms with E-state index in [0.717, 1.165) is 46.4 Å². The molecule has 230 valence electrons. The highest BCUT2D eigenvalue weighted by Crippen LogP contribution is 2.53. The number of ether oxygens (including phenoxy) is 4. The zero-order valence-electron chi connectivity index (χ0n) is 25.9. The summed E-state index contributed by atoms with van der Waals surface area (Å²) in [5, 5.41) is 3.93. The molecule has 1 aromatic heterocycles. The maximum Gasteiger partial charge on any atom is 0.408 e. The van der Waals surface area contributed by atoms with Gasteiger partial charge in [-0.1, -0.05) is 18.2 Å². The first kappa shape index (κ1) is 29.4. The number of nitrogens with one attached hydrogen (secondary N) is 2. The van der Waals surface area contributed by atoms with Crippen LogP contribution in [0.1, 0.15) is 64.7 Å². The second kappa shape index (κ2) is 11.1. The van der Waals surface area contributed by atoms with E-state index >= 15 is 0 Å². The predicted octanol–water partition coefficient (Wildman–Crippen LogP) is 5.78. The molecule has 2 fully saturated rings. The lowest BCUT2D eigenvalue weighted by molar-refractivity contribution is -0.189. The topological polar surface area (TPSA) is 102 Å². The Balaban J connectivity index is 1.21. The molecule has 2 N–H and O–H groups in total. The number of nitrogens with zero attached hydrogens (tertiary/aromatic N) is 1. The fourth-order valence-electron chi connectivity index (χ4n) is 7.00. The second-order valence-corrected chi connectivity index (χ2v) is 13.6. The van der Waals surface area contributed by atoms with Crippen LogP contribution in [0.15, 0.2) is 48.7 Å². The summed E-state index contributed by atoms with van der Waals surface area (Å²) in [4.78, 5) is 32.2. The highest BCUT2D eigenvalue weighted by Gasteiger charge is 2.52. The Morgan fingerprint density at radius 1 is 1.19 bits per heavy atom. The van der Waals surface area contributed by atoms with Gasteiger partial charge < -0.3 is 34.1 Å². The average molecular weight is 590 g/mol. The van der Waals surface area contributed by atoms with Crippen molar-refractivity contribution in [2.45, 2.75) is 83.3 Å². The first-order valence-corrected chi connectivity index (χ1v) is 15.3. The predicted molar refractivity (Wildman–Crippen MR) is 163 cm³/mol. The quantitative estimate of drug-likeness (QED) is 0.391. The molecule has 6 rings (SSSR count). The van der Waals surface area contributed by atoms with Gasteiger partial charge in [0, 0.05) is 60.1 Å². The normalized spacial score (nSPS) is 25.0. The SMILES string of the molecule is COc1ccc2c(c1)OC(C)(C)[C@@H]1C[C@H]3CN(C(=O)[C@H](Cc4c[nH]c5ccccc45)NC(=O)OC(C)(C)C)CC[C@H]3O[C@@H]21. The van der Waals surface area contributed by atoms with E-state index in [2.05, 4.69) is 30.2 Å². The maximum absolute atomic E-state index is 14.1. The standard InChI is InChI=1S/C34H43N3O6/c1-33(2,3)43-32(39)36-27(16-20-18-35-26-10-8-7-9-23(20)26)31(38)37-14-13-28-21(19-37)15-25-30(41-28)24-12-11-22(40-6)17-29(24)42-34(25,4)5/h7-12,17-18,21,25,27-28,30,35H,13-16,19H2,1-6H3,(H,36,39)/t21-,25+,27-,28+,30-/m0/s1. The van der Waals surface area contributed by atoms with Gasteiger partial charge in [0.05, 0.1) is 19.3 Å². The fourth-order valence-corrected chi connectivity index (χ4v) is 7.00. The molecular weight excluding hydrogens is 546 g/mol. The Kier molecular flexibility index (Phi) is 7.57. The van der Waals surface area contributed by atoms with E-state index in [9.17, 15) is 9.59 Å². The minimum Gasteiger partial charge on any atom is -0.497 e. The van der Waals surface area contributed by atoms with E-state index in [0.29, 0.717) is 19.5 Å². The van der Waals surface area contributed by atoms with E-state index in [1.165, 1.54) is 0 Å². The molecule has 3 aromatic rings. The van der Waals surface area contributed by atoms with E-state index < -0.39 is 23.3 Å². The van der Waals surface area contributed by atoms with Crippen LogP contribution in [0.25, 0.3) is 10.9 Å². The number of likely N-dealkylation sites (tertiary alicyclic amines) is 1. The van der Waals surface area contributed by atoms with E-state index in [4.69, 9.17) is 18.9 Å². The summed E-state index contributed by atoms with van der Waals surface area (Å²) >= 11 is 0. The van der Waals surface area contributed by atoms with Crippen LogP contribution in [0, 0.1) is 11.8 Å². The number of piperidine rings is 1. The van der Waals surface area contributed by atoms with Crippen LogP contribution < -0.4 is 14.8 Å². The molecule has 2 saturated heterocycles. The highest BCUT2D eigenvalue weighted by molar-refractivity contribution is 5.88. The van der Waals surface area contributed by atoms with Crippen LogP contribution in [0.5, 0.6) is 11.5 Å². The van der Waals surface area contributed by atoms with E-state index in [1.54, 1.807) is 7.11 Å². The van der Waals surface area contributed by atoms with Crippen molar-refractivity contribution in [1.29, 1.82) is 0 Å². The van der Waals surface area contributed by atoms with Crippen LogP contribution in [0.4, 0.5) is 4.79 Å². The second-order valence-electron chi connectivity index (χ2n) is 13.6. The van der Waals surface area contributed by atoms with Gasteiger partial charge in [0.2, 0.25) is 5.91 Å². The number of amides is 2. The summed E-state index contributed by atoms with van der Waals surface area (Å²) in [5.74, 6) is 1.76. The van der Waals surface area contributed by atoms with Gasteiger partial charge in [-0.2, -0.15) is 0 Å². The Labute approximate surface area is 253 Å². The third-order valence-corrected chi connectivity index (χ3v) is 9.10. The number of hydrogen-bond acceptors (Lipinski definition) is 6. The van der Waals surface area contributed by atoms with E-state index in [1.807, 2.05) is 68.3 Å². The number of aromatic nitrogens is 1. The van der Waals surface area contributed by atoms with Crippen LogP contribution in [-0.2, 0) is 20.7 Å². The van der Waals surface area contributed by atoms with Crippen LogP contribution in [-0.4, -0.2) is 65.4 Å². The van der Waals surface area contributed by atoms with Crippen molar-refractivity contribution in [3.05, 3.63) is 59.8 Å². The summed E-state index contributed by atoms with van der Waals surface area (Å²) in [6, 6.07) is 13.2. The molecule has 3 aliphatic heterocycles. The molecule has 5 atom stereocenters. The highest BCUT2D eigenvalue weighted by atomic mass is 16.6. The van der Waals surface area contributed by atoms with Gasteiger partial charge in [0.15, 0.2) is 0 Å². The molecule has 0 radical (unpaired) electrons. The molecule has 4 heterocycles. The number of hydrogen-bond donors (Lipinski definition) is 2. The molecule has 0 bridgehead atoms. The van der Waals surface area contributed by atoms with Crippen LogP contribution in [0.3, 0.4) is 0 Å². The molecule has 9 heteroatoms. The third-order valence-electron chi connectivity index (χ3n) is 9.10. The van der Waals surface area contributed by atoms with Crippen molar-refractivity contribution in [2.24, 2.45) is 11.8 Å². The van der Waals surface area contributed by atoms with Crippen molar-refractivity contribution in [1.82, 2.24) is 15.2 Å². The van der Waals surface area contributed by atoms with Gasteiger partial charge in [-0.05, 0) is 71.2 Å². The van der Waals surface area contributed by atoms with Crippen LogP contribution in [0.2, 0.25) is 0 Å². The van der Waals surface area contributed by atoms with Crippen molar-refractivity contribution in [2.75, 3.05) is 20.2 Å².